The molecule has 5 heteroatoms. The molecule has 0 aliphatic carbocycles. The van der Waals surface area contributed by atoms with Gasteiger partial charge in [0.05, 0.1) is 13.2 Å². The lowest BCUT2D eigenvalue weighted by atomic mass is 10.1. The standard InChI is InChI=1S/C10H18O5/c1-4-6-9(14-5-2)8(10(11)12)7-15-13-3/h7,9H,4-6H2,1-3H3,(H,11,12)/b8-7+. The number of rotatable bonds is 8. The lowest BCUT2D eigenvalue weighted by molar-refractivity contribution is -0.224. The van der Waals surface area contributed by atoms with Crippen LogP contribution in [-0.2, 0) is 19.3 Å². The summed E-state index contributed by atoms with van der Waals surface area (Å²) >= 11 is 0. The first-order valence-corrected chi connectivity index (χ1v) is 4.91. The Morgan fingerprint density at radius 1 is 1.47 bits per heavy atom. The van der Waals surface area contributed by atoms with Crippen molar-refractivity contribution in [2.24, 2.45) is 0 Å². The van der Waals surface area contributed by atoms with Crippen LogP contribution in [0.1, 0.15) is 26.7 Å². The number of hydrogen-bond acceptors (Lipinski definition) is 4. The van der Waals surface area contributed by atoms with E-state index in [-0.39, 0.29) is 5.57 Å². The average Bonchev–Trinajstić information content (AvgIpc) is 2.18. The van der Waals surface area contributed by atoms with E-state index in [0.717, 1.165) is 12.7 Å². The number of carboxylic acid groups (broad SMARTS) is 1. The Labute approximate surface area is 89.6 Å². The van der Waals surface area contributed by atoms with Crippen molar-refractivity contribution in [3.63, 3.8) is 0 Å². The zero-order chi connectivity index (χ0) is 11.7. The molecule has 0 saturated heterocycles. The quantitative estimate of drug-likeness (QED) is 0.291. The van der Waals surface area contributed by atoms with Gasteiger partial charge in [0.15, 0.2) is 0 Å². The highest BCUT2D eigenvalue weighted by Gasteiger charge is 2.21. The molecule has 0 aromatic rings. The van der Waals surface area contributed by atoms with Crippen molar-refractivity contribution in [2.75, 3.05) is 13.7 Å². The normalized spacial score (nSPS) is 13.7. The van der Waals surface area contributed by atoms with Gasteiger partial charge in [-0.2, -0.15) is 4.89 Å². The van der Waals surface area contributed by atoms with E-state index in [4.69, 9.17) is 9.84 Å². The van der Waals surface area contributed by atoms with Gasteiger partial charge in [-0.05, 0) is 13.3 Å². The van der Waals surface area contributed by atoms with Crippen molar-refractivity contribution < 1.29 is 24.4 Å². The van der Waals surface area contributed by atoms with Gasteiger partial charge in [0, 0.05) is 6.61 Å². The van der Waals surface area contributed by atoms with Crippen LogP contribution in [0.4, 0.5) is 0 Å². The minimum atomic E-state index is -1.06. The number of carbonyl (C=O) groups is 1. The predicted octanol–water partition coefficient (Wildman–Crippen LogP) is 1.74. The van der Waals surface area contributed by atoms with Crippen LogP contribution in [0, 0.1) is 0 Å². The van der Waals surface area contributed by atoms with Gasteiger partial charge in [-0.15, -0.1) is 0 Å². The van der Waals surface area contributed by atoms with E-state index >= 15 is 0 Å². The van der Waals surface area contributed by atoms with Crippen molar-refractivity contribution in [1.82, 2.24) is 0 Å². The third-order valence-electron chi connectivity index (χ3n) is 1.78. The van der Waals surface area contributed by atoms with Gasteiger partial charge in [0.25, 0.3) is 0 Å². The first-order chi connectivity index (χ1) is 7.17. The highest BCUT2D eigenvalue weighted by molar-refractivity contribution is 5.87. The van der Waals surface area contributed by atoms with E-state index in [1.807, 2.05) is 13.8 Å². The van der Waals surface area contributed by atoms with E-state index in [0.29, 0.717) is 13.0 Å². The summed E-state index contributed by atoms with van der Waals surface area (Å²) in [6.07, 6.45) is 2.09. The molecule has 0 heterocycles. The molecule has 1 atom stereocenters. The van der Waals surface area contributed by atoms with Crippen LogP contribution < -0.4 is 0 Å². The summed E-state index contributed by atoms with van der Waals surface area (Å²) in [5.74, 6) is -1.06. The minimum Gasteiger partial charge on any atom is -0.478 e. The molecule has 0 saturated carbocycles. The van der Waals surface area contributed by atoms with Gasteiger partial charge in [0.1, 0.15) is 11.8 Å². The highest BCUT2D eigenvalue weighted by Crippen LogP contribution is 2.13. The molecule has 0 amide bonds. The predicted molar refractivity (Wildman–Crippen MR) is 54.1 cm³/mol. The Balaban J connectivity index is 4.58. The molecule has 0 radical (unpaired) electrons. The summed E-state index contributed by atoms with van der Waals surface area (Å²) in [7, 11) is 1.31. The van der Waals surface area contributed by atoms with Crippen molar-refractivity contribution >= 4 is 5.97 Å². The first kappa shape index (κ1) is 13.9. The SMILES string of the molecule is CCCC(OCC)/C(=C\OOC)C(=O)O. The van der Waals surface area contributed by atoms with E-state index in [1.54, 1.807) is 0 Å². The van der Waals surface area contributed by atoms with Gasteiger partial charge >= 0.3 is 5.97 Å². The number of aliphatic carboxylic acids is 1. The second kappa shape index (κ2) is 8.26. The van der Waals surface area contributed by atoms with Crippen molar-refractivity contribution in [1.29, 1.82) is 0 Å². The van der Waals surface area contributed by atoms with Crippen LogP contribution in [0.25, 0.3) is 0 Å². The third-order valence-corrected chi connectivity index (χ3v) is 1.78. The van der Waals surface area contributed by atoms with Crippen LogP contribution in [0.2, 0.25) is 0 Å². The fourth-order valence-electron chi connectivity index (χ4n) is 1.16. The van der Waals surface area contributed by atoms with E-state index in [2.05, 4.69) is 9.78 Å². The van der Waals surface area contributed by atoms with E-state index < -0.39 is 12.1 Å². The molecule has 0 fully saturated rings. The summed E-state index contributed by atoms with van der Waals surface area (Å²) < 4.78 is 5.32. The number of hydrogen-bond donors (Lipinski definition) is 1. The lowest BCUT2D eigenvalue weighted by Crippen LogP contribution is -2.22. The Hall–Kier alpha value is -1.07. The van der Waals surface area contributed by atoms with Crippen molar-refractivity contribution in [3.05, 3.63) is 11.8 Å². The van der Waals surface area contributed by atoms with Gasteiger partial charge < -0.3 is 14.7 Å². The smallest absolute Gasteiger partial charge is 0.337 e. The fraction of sp³-hybridized carbons (Fsp3) is 0.700. The second-order valence-electron chi connectivity index (χ2n) is 2.87. The minimum absolute atomic E-state index is 0.0700. The average molecular weight is 218 g/mol. The summed E-state index contributed by atoms with van der Waals surface area (Å²) in [5.41, 5.74) is 0.0700. The molecule has 0 aromatic carbocycles. The maximum absolute atomic E-state index is 10.9. The molecular weight excluding hydrogens is 200 g/mol. The number of ether oxygens (including phenoxy) is 1. The summed E-state index contributed by atoms with van der Waals surface area (Å²) in [6.45, 7) is 4.24. The van der Waals surface area contributed by atoms with E-state index in [9.17, 15) is 4.79 Å². The molecule has 0 aromatic heterocycles. The van der Waals surface area contributed by atoms with Crippen molar-refractivity contribution in [3.8, 4) is 0 Å². The molecule has 0 aliphatic heterocycles. The molecule has 1 unspecified atom stereocenters. The second-order valence-corrected chi connectivity index (χ2v) is 2.87. The lowest BCUT2D eigenvalue weighted by Gasteiger charge is -2.16. The largest absolute Gasteiger partial charge is 0.478 e. The maximum atomic E-state index is 10.9. The highest BCUT2D eigenvalue weighted by atomic mass is 17.2. The van der Waals surface area contributed by atoms with Crippen molar-refractivity contribution in [2.45, 2.75) is 32.8 Å². The molecule has 0 aliphatic rings. The first-order valence-electron chi connectivity index (χ1n) is 4.91. The van der Waals surface area contributed by atoms with Crippen LogP contribution in [-0.4, -0.2) is 30.9 Å². The zero-order valence-corrected chi connectivity index (χ0v) is 9.36. The molecule has 0 bridgehead atoms. The van der Waals surface area contributed by atoms with Crippen LogP contribution >= 0.6 is 0 Å². The Morgan fingerprint density at radius 3 is 2.53 bits per heavy atom. The van der Waals surface area contributed by atoms with Gasteiger partial charge in [-0.25, -0.2) is 4.79 Å². The molecule has 0 rings (SSSR count). The van der Waals surface area contributed by atoms with Gasteiger partial charge in [0.2, 0.25) is 0 Å². The molecule has 5 nitrogen and oxygen atoms in total. The summed E-state index contributed by atoms with van der Waals surface area (Å²) in [6, 6.07) is 0. The van der Waals surface area contributed by atoms with Gasteiger partial charge in [-0.1, -0.05) is 13.3 Å². The molecule has 1 N–H and O–H groups in total. The Bertz CT molecular complexity index is 206. The Morgan fingerprint density at radius 2 is 2.13 bits per heavy atom. The fourth-order valence-corrected chi connectivity index (χ4v) is 1.16. The maximum Gasteiger partial charge on any atom is 0.337 e. The Kier molecular flexibility index (Phi) is 7.67. The number of carboxylic acids is 1. The third kappa shape index (κ3) is 5.39. The monoisotopic (exact) mass is 218 g/mol. The van der Waals surface area contributed by atoms with Gasteiger partial charge in [-0.3, -0.25) is 0 Å². The van der Waals surface area contributed by atoms with Crippen LogP contribution in [0.5, 0.6) is 0 Å². The van der Waals surface area contributed by atoms with E-state index in [1.165, 1.54) is 7.11 Å². The van der Waals surface area contributed by atoms with Crippen LogP contribution in [0.3, 0.4) is 0 Å². The summed E-state index contributed by atoms with van der Waals surface area (Å²) in [5, 5.41) is 8.94. The van der Waals surface area contributed by atoms with Crippen LogP contribution in [0.15, 0.2) is 11.8 Å². The summed E-state index contributed by atoms with van der Waals surface area (Å²) in [4.78, 5) is 19.8. The molecule has 15 heavy (non-hydrogen) atoms. The molecular formula is C10H18O5. The topological polar surface area (TPSA) is 65.0 Å². The molecule has 88 valence electrons. The molecule has 0 spiro atoms. The zero-order valence-electron chi connectivity index (χ0n) is 9.36.